The van der Waals surface area contributed by atoms with E-state index >= 15 is 0 Å². The summed E-state index contributed by atoms with van der Waals surface area (Å²) in [7, 11) is 0. The summed E-state index contributed by atoms with van der Waals surface area (Å²) < 4.78 is 27.4. The van der Waals surface area contributed by atoms with Gasteiger partial charge in [0, 0.05) is 24.4 Å². The van der Waals surface area contributed by atoms with Crippen molar-refractivity contribution in [3.05, 3.63) is 11.6 Å². The first-order chi connectivity index (χ1) is 7.49. The van der Waals surface area contributed by atoms with Crippen LogP contribution in [0.25, 0.3) is 0 Å². The van der Waals surface area contributed by atoms with Crippen molar-refractivity contribution < 1.29 is 18.3 Å². The van der Waals surface area contributed by atoms with Crippen LogP contribution in [0.1, 0.15) is 19.8 Å². The molecule has 0 aromatic rings. The average Bonchev–Trinajstić information content (AvgIpc) is 2.21. The summed E-state index contributed by atoms with van der Waals surface area (Å²) >= 11 is 2.99. The number of unbranched alkanes of at least 4 members (excludes halogenated alkanes) is 1. The first-order valence-electron chi connectivity index (χ1n) is 4.84. The fourth-order valence-electron chi connectivity index (χ4n) is 0.914. The van der Waals surface area contributed by atoms with Crippen molar-refractivity contribution in [3.8, 4) is 0 Å². The van der Waals surface area contributed by atoms with E-state index in [0.717, 1.165) is 12.8 Å². The van der Waals surface area contributed by atoms with Gasteiger partial charge in [-0.15, -0.1) is 0 Å². The van der Waals surface area contributed by atoms with E-state index < -0.39 is 17.2 Å². The number of hydrogen-bond acceptors (Lipinski definition) is 4. The zero-order valence-corrected chi connectivity index (χ0v) is 17.8. The van der Waals surface area contributed by atoms with Gasteiger partial charge in [0.25, 0.3) is 0 Å². The van der Waals surface area contributed by atoms with Crippen LogP contribution >= 0.6 is 11.6 Å². The van der Waals surface area contributed by atoms with Crippen molar-refractivity contribution in [2.45, 2.75) is 19.8 Å². The summed E-state index contributed by atoms with van der Waals surface area (Å²) in [6.07, 6.45) is 1.66. The number of carbonyl (C=O) groups is 1. The Balaban J connectivity index is 0. The molecule has 0 aliphatic rings. The minimum atomic E-state index is -2.29. The smallest absolute Gasteiger partial charge is 0.349 e. The molecular weight excluding hydrogens is 521 g/mol. The van der Waals surface area contributed by atoms with E-state index in [-0.39, 0.29) is 18.2 Å². The monoisotopic (exact) mass is 535 g/mol. The van der Waals surface area contributed by atoms with Gasteiger partial charge in [-0.25, -0.2) is 9.10 Å². The van der Waals surface area contributed by atoms with Crippen LogP contribution in [0.15, 0.2) is 11.6 Å². The van der Waals surface area contributed by atoms with Crippen LogP contribution in [0.4, 0.5) is 0 Å². The summed E-state index contributed by atoms with van der Waals surface area (Å²) in [4.78, 5) is 10.9. The molecule has 0 aliphatic carbocycles. The molecule has 0 aliphatic heterocycles. The third-order valence-corrected chi connectivity index (χ3v) is 2.71. The van der Waals surface area contributed by atoms with Crippen molar-refractivity contribution in [3.63, 3.8) is 0 Å². The maximum Gasteiger partial charge on any atom is 0.349 e. The number of rotatable bonds is 8. The van der Waals surface area contributed by atoms with Gasteiger partial charge in [0.1, 0.15) is 11.6 Å². The fourth-order valence-corrected chi connectivity index (χ4v) is 1.47. The molecule has 17 heavy (non-hydrogen) atoms. The Morgan fingerprint density at radius 1 is 1.53 bits per heavy atom. The van der Waals surface area contributed by atoms with E-state index in [9.17, 15) is 13.6 Å². The zero-order valence-electron chi connectivity index (χ0n) is 9.82. The largest absolute Gasteiger partial charge is 0.760 e. The molecule has 0 saturated heterocycles. The van der Waals surface area contributed by atoms with Crippen LogP contribution < -0.4 is 0 Å². The summed E-state index contributed by atoms with van der Waals surface area (Å²) in [6.45, 7) is 5.68. The van der Waals surface area contributed by atoms with Crippen molar-refractivity contribution in [2.24, 2.45) is 0 Å². The maximum atomic E-state index is 10.9. The van der Waals surface area contributed by atoms with Crippen molar-refractivity contribution in [2.75, 3.05) is 19.7 Å². The van der Waals surface area contributed by atoms with E-state index in [1.165, 1.54) is 4.31 Å². The van der Waals surface area contributed by atoms with Crippen molar-refractivity contribution in [1.82, 2.24) is 4.31 Å². The number of halogens is 1. The van der Waals surface area contributed by atoms with Crippen LogP contribution in [0, 0.1) is 0 Å². The second kappa shape index (κ2) is 9.77. The molecule has 0 bridgehead atoms. The number of carbonyl (C=O) groups excluding carboxylic acids is 1. The van der Waals surface area contributed by atoms with Gasteiger partial charge in [-0.05, 0) is 6.42 Å². The van der Waals surface area contributed by atoms with E-state index in [4.69, 9.17) is 11.6 Å². The van der Waals surface area contributed by atoms with Crippen molar-refractivity contribution >= 4 is 28.8 Å². The van der Waals surface area contributed by atoms with Crippen LogP contribution in [0.2, 0.25) is 0 Å². The second-order valence-electron chi connectivity index (χ2n) is 3.04. The van der Waals surface area contributed by atoms with E-state index in [0.29, 0.717) is 6.54 Å². The first kappa shape index (κ1) is 17.9. The number of ether oxygens (including phenoxy) is 1. The molecule has 96 valence electrons. The molecule has 0 N–H and O–H groups in total. The third-order valence-electron chi connectivity index (χ3n) is 1.77. The molecule has 1 unspecified atom stereocenters. The Kier molecular flexibility index (Phi) is 10.3. The standard InChI is InChI=1S/C9H16ClNO4S.Rf/c1-3-4-5-11(16(13)14)6-7-15-9(12)8(2)10;/h2-7H2,1H3,(H,13,14);/p-1. The molecule has 0 amide bonds. The van der Waals surface area contributed by atoms with Crippen molar-refractivity contribution in [1.29, 1.82) is 0 Å². The molecule has 0 rings (SSSR count). The van der Waals surface area contributed by atoms with Gasteiger partial charge in [-0.3, -0.25) is 4.21 Å². The normalized spacial score (nSPS) is 11.8. The third kappa shape index (κ3) is 8.38. The summed E-state index contributed by atoms with van der Waals surface area (Å²) in [6, 6.07) is 0. The second-order valence-corrected chi connectivity index (χ2v) is 4.45. The summed E-state index contributed by atoms with van der Waals surface area (Å²) in [5, 5.41) is -0.219. The van der Waals surface area contributed by atoms with Crippen LogP contribution in [-0.2, 0) is 20.8 Å². The van der Waals surface area contributed by atoms with Gasteiger partial charge in [0.2, 0.25) is 0 Å². The van der Waals surface area contributed by atoms with Crippen LogP contribution in [-0.4, -0.2) is 38.7 Å². The molecule has 0 saturated carbocycles. The molecular formula is C9H15ClNO4RfS-. The van der Waals surface area contributed by atoms with Gasteiger partial charge >= 0.3 is 5.97 Å². The minimum absolute atomic E-state index is 0. The van der Waals surface area contributed by atoms with Gasteiger partial charge in [-0.2, -0.15) is 0 Å². The molecule has 0 aromatic carbocycles. The molecule has 5 nitrogen and oxygen atoms in total. The Bertz CT molecular complexity index is 278. The average molecular weight is 536 g/mol. The quantitative estimate of drug-likeness (QED) is 0.266. The Labute approximate surface area is 103 Å². The topological polar surface area (TPSA) is 69.7 Å². The fraction of sp³-hybridized carbons (Fsp3) is 0.667. The number of hydrogen-bond donors (Lipinski definition) is 0. The zero-order chi connectivity index (χ0) is 12.6. The Morgan fingerprint density at radius 2 is 2.12 bits per heavy atom. The van der Waals surface area contributed by atoms with Crippen LogP contribution in [0.5, 0.6) is 0 Å². The molecule has 0 spiro atoms. The number of nitrogens with zero attached hydrogens (tertiary/aromatic N) is 1. The summed E-state index contributed by atoms with van der Waals surface area (Å²) in [5.74, 6) is -0.728. The molecule has 1 atom stereocenters. The molecule has 0 heterocycles. The minimum Gasteiger partial charge on any atom is -0.760 e. The molecule has 0 radical (unpaired) electrons. The number of esters is 1. The predicted molar refractivity (Wildman–Crippen MR) is 61.4 cm³/mol. The predicted octanol–water partition coefficient (Wildman–Crippen LogP) is 1.18. The van der Waals surface area contributed by atoms with Gasteiger partial charge in [0.05, 0.1) is 0 Å². The molecule has 0 fully saturated rings. The van der Waals surface area contributed by atoms with E-state index in [2.05, 4.69) is 11.3 Å². The van der Waals surface area contributed by atoms with Gasteiger partial charge in [-0.1, -0.05) is 31.5 Å². The maximum absolute atomic E-state index is 10.9. The summed E-state index contributed by atoms with van der Waals surface area (Å²) in [5.41, 5.74) is 0. The van der Waals surface area contributed by atoms with E-state index in [1.54, 1.807) is 0 Å². The Hall–Kier alpha value is -1.43. The van der Waals surface area contributed by atoms with Gasteiger partial charge < -0.3 is 9.29 Å². The molecule has 8 heteroatoms. The van der Waals surface area contributed by atoms with Crippen LogP contribution in [0.3, 0.4) is 0 Å². The van der Waals surface area contributed by atoms with E-state index in [1.807, 2.05) is 6.92 Å². The first-order valence-corrected chi connectivity index (χ1v) is 6.25. The Morgan fingerprint density at radius 3 is 2.53 bits per heavy atom. The van der Waals surface area contributed by atoms with Gasteiger partial charge in [0.15, 0.2) is 0 Å². The molecule has 0 aromatic heterocycles. The SMILES string of the molecule is C=C(Cl)C(=O)OCCN(CCCC)S(=O)[O-].[Rf].